The monoisotopic (exact) mass is 520 g/mol. The third-order valence-electron chi connectivity index (χ3n) is 4.72. The molecule has 3 N–H and O–H groups in total. The van der Waals surface area contributed by atoms with Crippen LogP contribution in [0.25, 0.3) is 17.7 Å². The van der Waals surface area contributed by atoms with Gasteiger partial charge in [-0.05, 0) is 29.8 Å². The molecule has 0 aliphatic heterocycles. The number of benzene rings is 2. The van der Waals surface area contributed by atoms with E-state index in [0.29, 0.717) is 11.3 Å². The predicted octanol–water partition coefficient (Wildman–Crippen LogP) is 3.48. The van der Waals surface area contributed by atoms with Crippen molar-refractivity contribution in [3.8, 4) is 34.8 Å². The molecule has 0 aliphatic rings. The van der Waals surface area contributed by atoms with Gasteiger partial charge < -0.3 is 19.9 Å². The molecular weight excluding hydrogens is 496 g/mol. The average Bonchev–Trinajstić information content (AvgIpc) is 2.93. The largest absolute Gasteiger partial charge is 0.493 e. The highest BCUT2D eigenvalue weighted by Gasteiger charge is 2.24. The van der Waals surface area contributed by atoms with Crippen LogP contribution < -0.4 is 24.7 Å². The van der Waals surface area contributed by atoms with Crippen molar-refractivity contribution in [2.24, 2.45) is 5.73 Å². The van der Waals surface area contributed by atoms with Gasteiger partial charge in [0.05, 0.1) is 12.5 Å². The highest BCUT2D eigenvalue weighted by Crippen LogP contribution is 2.41. The van der Waals surface area contributed by atoms with Crippen LogP contribution in [0.5, 0.6) is 23.1 Å². The van der Waals surface area contributed by atoms with Gasteiger partial charge in [-0.3, -0.25) is 4.72 Å². The lowest BCUT2D eigenvalue weighted by Gasteiger charge is -2.17. The lowest BCUT2D eigenvalue weighted by atomic mass is 10.2. The van der Waals surface area contributed by atoms with E-state index in [0.717, 1.165) is 5.41 Å². The molecule has 2 heterocycles. The Morgan fingerprint density at radius 1 is 0.919 bits per heavy atom. The zero-order chi connectivity index (χ0) is 26.1. The summed E-state index contributed by atoms with van der Waals surface area (Å²) in [5.74, 6) is 0.533. The smallest absolute Gasteiger partial charge is 0.263 e. The summed E-state index contributed by atoms with van der Waals surface area (Å²) in [6.07, 6.45) is 4.48. The molecule has 11 nitrogen and oxygen atoms in total. The Bertz CT molecular complexity index is 1470. The van der Waals surface area contributed by atoms with Crippen LogP contribution in [-0.2, 0) is 10.0 Å². The molecule has 4 rings (SSSR count). The van der Waals surface area contributed by atoms with Crippen LogP contribution >= 0.6 is 0 Å². The average molecular weight is 521 g/mol. The SMILES string of the molecule is COc1ccccc1Oc1c(NS(=O)(=O)C=Cc2ccccc2)nc(-c2ncccn2)nc1OCCN. The van der Waals surface area contributed by atoms with Crippen molar-refractivity contribution in [3.63, 3.8) is 0 Å². The van der Waals surface area contributed by atoms with E-state index in [1.807, 2.05) is 6.07 Å². The first-order valence-electron chi connectivity index (χ1n) is 11.1. The third kappa shape index (κ3) is 6.78. The number of hydrogen-bond acceptors (Lipinski definition) is 10. The van der Waals surface area contributed by atoms with Crippen LogP contribution in [0.1, 0.15) is 5.56 Å². The maximum absolute atomic E-state index is 13.0. The molecule has 12 heteroatoms. The number of nitrogens with zero attached hydrogens (tertiary/aromatic N) is 4. The van der Waals surface area contributed by atoms with Gasteiger partial charge in [-0.1, -0.05) is 42.5 Å². The summed E-state index contributed by atoms with van der Waals surface area (Å²) in [5.41, 5.74) is 6.33. The number of rotatable bonds is 11. The Morgan fingerprint density at radius 2 is 1.62 bits per heavy atom. The molecule has 0 amide bonds. The second-order valence-electron chi connectivity index (χ2n) is 7.35. The summed E-state index contributed by atoms with van der Waals surface area (Å²) < 4.78 is 45.7. The van der Waals surface area contributed by atoms with Gasteiger partial charge in [0.1, 0.15) is 6.61 Å². The standard InChI is InChI=1S/C25H24N6O5S/c1-34-19-10-5-6-11-20(19)36-21-22(31-37(32,33)17-12-18-8-3-2-4-9-18)29-24(23-27-14-7-15-28-23)30-25(21)35-16-13-26/h2-12,14-15,17H,13,16,26H2,1H3,(H,29,30,31). The Morgan fingerprint density at radius 3 is 2.32 bits per heavy atom. The molecular formula is C25H24N6O5S. The van der Waals surface area contributed by atoms with Gasteiger partial charge >= 0.3 is 0 Å². The fourth-order valence-corrected chi connectivity index (χ4v) is 3.89. The number of para-hydroxylation sites is 2. The van der Waals surface area contributed by atoms with E-state index in [-0.39, 0.29) is 48.0 Å². The number of sulfonamides is 1. The number of aromatic nitrogens is 4. The predicted molar refractivity (Wildman–Crippen MR) is 139 cm³/mol. The van der Waals surface area contributed by atoms with Crippen molar-refractivity contribution < 1.29 is 22.6 Å². The minimum Gasteiger partial charge on any atom is -0.493 e. The first-order chi connectivity index (χ1) is 18.0. The summed E-state index contributed by atoms with van der Waals surface area (Å²) in [7, 11) is -2.57. The molecule has 0 aliphatic carbocycles. The Hall–Kier alpha value is -4.55. The van der Waals surface area contributed by atoms with Crippen molar-refractivity contribution in [1.82, 2.24) is 19.9 Å². The highest BCUT2D eigenvalue weighted by molar-refractivity contribution is 7.95. The summed E-state index contributed by atoms with van der Waals surface area (Å²) in [6.45, 7) is 0.255. The Kier molecular flexibility index (Phi) is 8.23. The van der Waals surface area contributed by atoms with Gasteiger partial charge in [0.2, 0.25) is 11.6 Å². The minimum atomic E-state index is -4.05. The zero-order valence-corrected chi connectivity index (χ0v) is 20.6. The number of anilines is 1. The number of nitrogens with one attached hydrogen (secondary N) is 1. The van der Waals surface area contributed by atoms with Crippen molar-refractivity contribution in [1.29, 1.82) is 0 Å². The summed E-state index contributed by atoms with van der Waals surface area (Å²) in [4.78, 5) is 17.1. The van der Waals surface area contributed by atoms with Gasteiger partial charge in [-0.25, -0.2) is 23.4 Å². The van der Waals surface area contributed by atoms with Gasteiger partial charge in [0.15, 0.2) is 23.1 Å². The van der Waals surface area contributed by atoms with Crippen LogP contribution in [0.15, 0.2) is 78.5 Å². The van der Waals surface area contributed by atoms with Gasteiger partial charge in [-0.15, -0.1) is 0 Å². The summed E-state index contributed by atoms with van der Waals surface area (Å²) >= 11 is 0. The van der Waals surface area contributed by atoms with Gasteiger partial charge in [0.25, 0.3) is 15.9 Å². The van der Waals surface area contributed by atoms with E-state index in [1.165, 1.54) is 25.6 Å². The molecule has 0 saturated carbocycles. The lowest BCUT2D eigenvalue weighted by molar-refractivity contribution is 0.296. The molecule has 0 saturated heterocycles. The van der Waals surface area contributed by atoms with Crippen molar-refractivity contribution >= 4 is 21.9 Å². The fourth-order valence-electron chi connectivity index (χ4n) is 3.07. The van der Waals surface area contributed by atoms with Crippen LogP contribution in [0.2, 0.25) is 0 Å². The quantitative estimate of drug-likeness (QED) is 0.301. The minimum absolute atomic E-state index is 0.0183. The summed E-state index contributed by atoms with van der Waals surface area (Å²) in [5, 5.41) is 1.02. The first kappa shape index (κ1) is 25.5. The Labute approximate surface area is 214 Å². The van der Waals surface area contributed by atoms with E-state index in [4.69, 9.17) is 19.9 Å². The van der Waals surface area contributed by atoms with Gasteiger partial charge in [0, 0.05) is 18.9 Å². The third-order valence-corrected chi connectivity index (χ3v) is 5.69. The Balaban J connectivity index is 1.82. The second-order valence-corrected chi connectivity index (χ2v) is 8.92. The molecule has 4 aromatic rings. The number of nitrogens with two attached hydrogens (primary N) is 1. The fraction of sp³-hybridized carbons (Fsp3) is 0.120. The molecule has 190 valence electrons. The second kappa shape index (κ2) is 11.9. The highest BCUT2D eigenvalue weighted by atomic mass is 32.2. The molecule has 0 atom stereocenters. The molecule has 37 heavy (non-hydrogen) atoms. The van der Waals surface area contributed by atoms with Crippen molar-refractivity contribution in [3.05, 3.63) is 84.0 Å². The van der Waals surface area contributed by atoms with E-state index in [9.17, 15) is 8.42 Å². The van der Waals surface area contributed by atoms with Gasteiger partial charge in [-0.2, -0.15) is 4.98 Å². The normalized spacial score (nSPS) is 11.3. The number of ether oxygens (including phenoxy) is 3. The summed E-state index contributed by atoms with van der Waals surface area (Å²) in [6, 6.07) is 17.5. The van der Waals surface area contributed by atoms with Crippen LogP contribution in [0.4, 0.5) is 5.82 Å². The van der Waals surface area contributed by atoms with E-state index < -0.39 is 10.0 Å². The van der Waals surface area contributed by atoms with E-state index in [1.54, 1.807) is 54.6 Å². The van der Waals surface area contributed by atoms with Crippen molar-refractivity contribution in [2.75, 3.05) is 25.0 Å². The maximum Gasteiger partial charge on any atom is 0.263 e. The van der Waals surface area contributed by atoms with E-state index in [2.05, 4.69) is 24.7 Å². The molecule has 0 spiro atoms. The number of hydrogen-bond donors (Lipinski definition) is 2. The molecule has 0 fully saturated rings. The molecule has 2 aromatic carbocycles. The maximum atomic E-state index is 13.0. The van der Waals surface area contributed by atoms with Crippen LogP contribution in [-0.4, -0.2) is 48.6 Å². The lowest BCUT2D eigenvalue weighted by Crippen LogP contribution is -2.16. The first-order valence-corrected chi connectivity index (χ1v) is 12.6. The van der Waals surface area contributed by atoms with Crippen LogP contribution in [0.3, 0.4) is 0 Å². The molecule has 2 aromatic heterocycles. The topological polar surface area (TPSA) is 151 Å². The van der Waals surface area contributed by atoms with Crippen molar-refractivity contribution in [2.45, 2.75) is 0 Å². The van der Waals surface area contributed by atoms with Crippen LogP contribution in [0, 0.1) is 0 Å². The molecule has 0 unspecified atom stereocenters. The molecule has 0 bridgehead atoms. The van der Waals surface area contributed by atoms with E-state index >= 15 is 0 Å². The number of methoxy groups -OCH3 is 1. The molecule has 0 radical (unpaired) electrons. The zero-order valence-electron chi connectivity index (χ0n) is 19.8.